The molecule has 0 bridgehead atoms. The first kappa shape index (κ1) is 22.0. The van der Waals surface area contributed by atoms with Gasteiger partial charge in [-0.15, -0.1) is 0 Å². The van der Waals surface area contributed by atoms with Crippen LogP contribution in [0.25, 0.3) is 0 Å². The maximum atomic E-state index is 13.3. The maximum absolute atomic E-state index is 13.3. The SMILES string of the molecule is CCc1ccc(N2CN(CCCN3CCOCC3)Cn3c2nc(C)c(CC)c3=O)cc1. The summed E-state index contributed by atoms with van der Waals surface area (Å²) in [6.07, 6.45) is 2.80. The van der Waals surface area contributed by atoms with Crippen molar-refractivity contribution >= 4 is 11.6 Å². The van der Waals surface area contributed by atoms with E-state index in [1.54, 1.807) is 0 Å². The molecule has 2 aromatic rings. The molecular weight excluding hydrogens is 390 g/mol. The Bertz CT molecular complexity index is 934. The number of rotatable bonds is 7. The smallest absolute Gasteiger partial charge is 0.259 e. The minimum atomic E-state index is 0.0954. The number of aromatic nitrogens is 2. The van der Waals surface area contributed by atoms with E-state index in [-0.39, 0.29) is 5.56 Å². The predicted octanol–water partition coefficient (Wildman–Crippen LogP) is 2.77. The largest absolute Gasteiger partial charge is 0.379 e. The summed E-state index contributed by atoms with van der Waals surface area (Å²) in [6, 6.07) is 8.64. The zero-order valence-corrected chi connectivity index (χ0v) is 19.1. The minimum absolute atomic E-state index is 0.0954. The zero-order chi connectivity index (χ0) is 21.8. The van der Waals surface area contributed by atoms with E-state index in [0.29, 0.717) is 13.1 Å². The normalized spacial score (nSPS) is 17.7. The molecule has 2 aliphatic heterocycles. The van der Waals surface area contributed by atoms with E-state index in [0.717, 1.165) is 81.8 Å². The second-order valence-electron chi connectivity index (χ2n) is 8.50. The molecular formula is C24H35N5O2. The summed E-state index contributed by atoms with van der Waals surface area (Å²) in [7, 11) is 0. The van der Waals surface area contributed by atoms with Crippen molar-refractivity contribution in [2.45, 2.75) is 46.7 Å². The van der Waals surface area contributed by atoms with Crippen LogP contribution in [0.5, 0.6) is 0 Å². The van der Waals surface area contributed by atoms with Gasteiger partial charge in [0.2, 0.25) is 5.95 Å². The standard InChI is InChI=1S/C24H35N5O2/c1-4-20-7-9-21(10-8-20)28-17-27(12-6-11-26-13-15-31-16-14-26)18-29-23(30)22(5-2)19(3)25-24(28)29/h7-10H,4-6,11-18H2,1-3H3. The Morgan fingerprint density at radius 1 is 0.968 bits per heavy atom. The summed E-state index contributed by atoms with van der Waals surface area (Å²) >= 11 is 0. The van der Waals surface area contributed by atoms with Gasteiger partial charge in [0.1, 0.15) is 0 Å². The molecule has 7 heteroatoms. The highest BCUT2D eigenvalue weighted by Gasteiger charge is 2.27. The van der Waals surface area contributed by atoms with Crippen molar-refractivity contribution in [2.24, 2.45) is 0 Å². The van der Waals surface area contributed by atoms with Crippen molar-refractivity contribution in [3.8, 4) is 0 Å². The van der Waals surface area contributed by atoms with Crippen molar-refractivity contribution in [1.82, 2.24) is 19.4 Å². The molecule has 168 valence electrons. The van der Waals surface area contributed by atoms with Gasteiger partial charge in [-0.25, -0.2) is 4.98 Å². The van der Waals surface area contributed by atoms with Crippen molar-refractivity contribution in [3.05, 3.63) is 51.4 Å². The first-order chi connectivity index (χ1) is 15.1. The van der Waals surface area contributed by atoms with Gasteiger partial charge in [-0.1, -0.05) is 26.0 Å². The van der Waals surface area contributed by atoms with Crippen molar-refractivity contribution < 1.29 is 4.74 Å². The molecule has 0 radical (unpaired) electrons. The summed E-state index contributed by atoms with van der Waals surface area (Å²) in [5.41, 5.74) is 4.15. The van der Waals surface area contributed by atoms with Crippen LogP contribution in [0.2, 0.25) is 0 Å². The van der Waals surface area contributed by atoms with E-state index >= 15 is 0 Å². The van der Waals surface area contributed by atoms with E-state index in [1.165, 1.54) is 5.56 Å². The Balaban J connectivity index is 1.58. The second kappa shape index (κ2) is 9.94. The molecule has 0 unspecified atom stereocenters. The molecule has 0 atom stereocenters. The van der Waals surface area contributed by atoms with E-state index in [9.17, 15) is 4.79 Å². The molecule has 31 heavy (non-hydrogen) atoms. The van der Waals surface area contributed by atoms with E-state index < -0.39 is 0 Å². The van der Waals surface area contributed by atoms with Gasteiger partial charge in [0, 0.05) is 36.6 Å². The molecule has 7 nitrogen and oxygen atoms in total. The summed E-state index contributed by atoms with van der Waals surface area (Å²) in [6.45, 7) is 13.2. The van der Waals surface area contributed by atoms with Crippen molar-refractivity contribution in [2.75, 3.05) is 51.0 Å². The number of nitrogens with zero attached hydrogens (tertiary/aromatic N) is 5. The van der Waals surface area contributed by atoms with Crippen molar-refractivity contribution in [1.29, 1.82) is 0 Å². The lowest BCUT2D eigenvalue weighted by molar-refractivity contribution is 0.0354. The van der Waals surface area contributed by atoms with Crippen molar-refractivity contribution in [3.63, 3.8) is 0 Å². The molecule has 0 amide bonds. The molecule has 0 saturated carbocycles. The number of benzene rings is 1. The van der Waals surface area contributed by atoms with Crippen LogP contribution in [0.15, 0.2) is 29.1 Å². The number of fused-ring (bicyclic) bond motifs is 1. The van der Waals surface area contributed by atoms with Gasteiger partial charge in [-0.3, -0.25) is 24.1 Å². The highest BCUT2D eigenvalue weighted by molar-refractivity contribution is 5.59. The Hall–Kier alpha value is -2.22. The fourth-order valence-electron chi connectivity index (χ4n) is 4.53. The Morgan fingerprint density at radius 3 is 2.35 bits per heavy atom. The van der Waals surface area contributed by atoms with Gasteiger partial charge in [0.15, 0.2) is 0 Å². The van der Waals surface area contributed by atoms with Crippen LogP contribution in [-0.4, -0.2) is 65.4 Å². The quantitative estimate of drug-likeness (QED) is 0.680. The molecule has 2 aliphatic rings. The third-order valence-electron chi connectivity index (χ3n) is 6.44. The maximum Gasteiger partial charge on any atom is 0.259 e. The average Bonchev–Trinajstić information content (AvgIpc) is 2.80. The summed E-state index contributed by atoms with van der Waals surface area (Å²) in [5.74, 6) is 0.758. The number of ether oxygens (including phenoxy) is 1. The second-order valence-corrected chi connectivity index (χ2v) is 8.50. The molecule has 3 heterocycles. The Morgan fingerprint density at radius 2 is 1.68 bits per heavy atom. The van der Waals surface area contributed by atoms with Crippen LogP contribution >= 0.6 is 0 Å². The van der Waals surface area contributed by atoms with Crippen LogP contribution in [-0.2, 0) is 24.2 Å². The zero-order valence-electron chi connectivity index (χ0n) is 19.1. The summed E-state index contributed by atoms with van der Waals surface area (Å²) in [5, 5.41) is 0. The molecule has 0 spiro atoms. The van der Waals surface area contributed by atoms with Gasteiger partial charge >= 0.3 is 0 Å². The third-order valence-corrected chi connectivity index (χ3v) is 6.44. The van der Waals surface area contributed by atoms with Gasteiger partial charge in [0.25, 0.3) is 5.56 Å². The molecule has 1 aromatic carbocycles. The lowest BCUT2D eigenvalue weighted by Crippen LogP contribution is -2.48. The van der Waals surface area contributed by atoms with Gasteiger partial charge in [0.05, 0.1) is 26.6 Å². The van der Waals surface area contributed by atoms with Crippen LogP contribution in [0.4, 0.5) is 11.6 Å². The molecule has 4 rings (SSSR count). The van der Waals surface area contributed by atoms with E-state index in [4.69, 9.17) is 9.72 Å². The molecule has 0 N–H and O–H groups in total. The minimum Gasteiger partial charge on any atom is -0.379 e. The van der Waals surface area contributed by atoms with Crippen LogP contribution in [0.3, 0.4) is 0 Å². The fraction of sp³-hybridized carbons (Fsp3) is 0.583. The van der Waals surface area contributed by atoms with Gasteiger partial charge in [-0.2, -0.15) is 0 Å². The number of hydrogen-bond acceptors (Lipinski definition) is 6. The first-order valence-electron chi connectivity index (χ1n) is 11.6. The summed E-state index contributed by atoms with van der Waals surface area (Å²) < 4.78 is 7.31. The lowest BCUT2D eigenvalue weighted by atomic mass is 10.1. The van der Waals surface area contributed by atoms with Crippen LogP contribution in [0.1, 0.15) is 37.1 Å². The highest BCUT2D eigenvalue weighted by Crippen LogP contribution is 2.28. The molecule has 1 saturated heterocycles. The fourth-order valence-corrected chi connectivity index (χ4v) is 4.53. The van der Waals surface area contributed by atoms with Gasteiger partial charge in [-0.05, 0) is 50.4 Å². The van der Waals surface area contributed by atoms with Crippen LogP contribution in [0, 0.1) is 6.92 Å². The number of hydrogen-bond donors (Lipinski definition) is 0. The monoisotopic (exact) mass is 425 g/mol. The third kappa shape index (κ3) is 4.84. The first-order valence-corrected chi connectivity index (χ1v) is 11.6. The Kier molecular flexibility index (Phi) is 7.05. The topological polar surface area (TPSA) is 53.8 Å². The van der Waals surface area contributed by atoms with E-state index in [1.807, 2.05) is 18.4 Å². The number of morpholine rings is 1. The van der Waals surface area contributed by atoms with E-state index in [2.05, 4.69) is 45.9 Å². The molecule has 1 aromatic heterocycles. The number of aryl methyl sites for hydroxylation is 2. The average molecular weight is 426 g/mol. The molecule has 1 fully saturated rings. The molecule has 0 aliphatic carbocycles. The highest BCUT2D eigenvalue weighted by atomic mass is 16.5. The van der Waals surface area contributed by atoms with Crippen LogP contribution < -0.4 is 10.5 Å². The van der Waals surface area contributed by atoms with Gasteiger partial charge < -0.3 is 4.74 Å². The lowest BCUT2D eigenvalue weighted by Gasteiger charge is -2.39. The predicted molar refractivity (Wildman–Crippen MR) is 124 cm³/mol. The summed E-state index contributed by atoms with van der Waals surface area (Å²) in [4.78, 5) is 25.1. The Labute approximate surface area is 185 Å². The number of anilines is 2.